The minimum absolute atomic E-state index is 0.00515. The van der Waals surface area contributed by atoms with E-state index in [4.69, 9.17) is 0 Å². The maximum absolute atomic E-state index is 13.4. The topological polar surface area (TPSA) is 76.8 Å². The van der Waals surface area contributed by atoms with Crippen molar-refractivity contribution < 1.29 is 31.1 Å². The molecule has 4 rings (SSSR count). The predicted octanol–water partition coefficient (Wildman–Crippen LogP) is 4.71. The van der Waals surface area contributed by atoms with Gasteiger partial charge in [-0.25, -0.2) is 15.0 Å². The van der Waals surface area contributed by atoms with Gasteiger partial charge in [0, 0.05) is 24.5 Å². The largest absolute Gasteiger partial charge is 0.416 e. The van der Waals surface area contributed by atoms with Gasteiger partial charge in [0.05, 0.1) is 17.2 Å². The van der Waals surface area contributed by atoms with Crippen LogP contribution in [0.25, 0.3) is 5.95 Å². The van der Waals surface area contributed by atoms with Crippen LogP contribution in [0.1, 0.15) is 53.1 Å². The van der Waals surface area contributed by atoms with Crippen LogP contribution in [0.4, 0.5) is 26.3 Å². The first-order chi connectivity index (χ1) is 15.9. The highest BCUT2D eigenvalue weighted by Crippen LogP contribution is 2.38. The molecular formula is C21H18F6N6O. The zero-order valence-corrected chi connectivity index (χ0v) is 17.7. The number of carbonyl (C=O) groups is 1. The average Bonchev–Trinajstić information content (AvgIpc) is 3.48. The van der Waals surface area contributed by atoms with E-state index in [0.717, 1.165) is 12.8 Å². The van der Waals surface area contributed by atoms with Crippen LogP contribution in [-0.2, 0) is 12.4 Å². The number of alkyl halides is 6. The Hall–Kier alpha value is -3.51. The third-order valence-electron chi connectivity index (χ3n) is 5.40. The van der Waals surface area contributed by atoms with Crippen molar-refractivity contribution in [3.63, 3.8) is 0 Å². The van der Waals surface area contributed by atoms with Crippen molar-refractivity contribution in [2.24, 2.45) is 5.92 Å². The summed E-state index contributed by atoms with van der Waals surface area (Å²) in [6.45, 7) is 1.71. The molecule has 0 unspecified atom stereocenters. The number of hydrogen-bond acceptors (Lipinski definition) is 5. The average molecular weight is 484 g/mol. The molecule has 0 N–H and O–H groups in total. The quantitative estimate of drug-likeness (QED) is 0.474. The number of benzene rings is 1. The lowest BCUT2D eigenvalue weighted by molar-refractivity contribution is -0.143. The summed E-state index contributed by atoms with van der Waals surface area (Å²) in [5.41, 5.74) is -3.81. The van der Waals surface area contributed by atoms with Gasteiger partial charge in [0.25, 0.3) is 11.9 Å². The summed E-state index contributed by atoms with van der Waals surface area (Å²) < 4.78 is 81.2. The summed E-state index contributed by atoms with van der Waals surface area (Å²) in [4.78, 5) is 26.9. The lowest BCUT2D eigenvalue weighted by Crippen LogP contribution is -2.37. The second-order valence-electron chi connectivity index (χ2n) is 7.95. The zero-order chi connectivity index (χ0) is 24.7. The number of amides is 1. The minimum atomic E-state index is -5.06. The molecule has 0 radical (unpaired) electrons. The van der Waals surface area contributed by atoms with E-state index in [1.54, 1.807) is 13.0 Å². The highest BCUT2D eigenvalue weighted by molar-refractivity contribution is 5.95. The normalized spacial score (nSPS) is 15.3. The number of aromatic nitrogens is 5. The predicted molar refractivity (Wildman–Crippen MR) is 106 cm³/mol. The smallest absolute Gasteiger partial charge is 0.328 e. The summed E-state index contributed by atoms with van der Waals surface area (Å²) in [5.74, 6) is -0.523. The Morgan fingerprint density at radius 1 is 1.03 bits per heavy atom. The van der Waals surface area contributed by atoms with Crippen molar-refractivity contribution >= 4 is 5.91 Å². The van der Waals surface area contributed by atoms with Gasteiger partial charge < -0.3 is 4.90 Å². The van der Waals surface area contributed by atoms with Gasteiger partial charge in [0.15, 0.2) is 5.82 Å². The van der Waals surface area contributed by atoms with E-state index in [1.807, 2.05) is 0 Å². The van der Waals surface area contributed by atoms with Crippen LogP contribution in [0.15, 0.2) is 43.0 Å². The molecule has 0 saturated heterocycles. The summed E-state index contributed by atoms with van der Waals surface area (Å²) in [6, 6.07) is 1.61. The van der Waals surface area contributed by atoms with E-state index in [9.17, 15) is 31.1 Å². The van der Waals surface area contributed by atoms with E-state index >= 15 is 0 Å². The second-order valence-corrected chi connectivity index (χ2v) is 7.95. The Bertz CT molecular complexity index is 1140. The van der Waals surface area contributed by atoms with Gasteiger partial charge >= 0.3 is 12.4 Å². The second kappa shape index (κ2) is 8.69. The number of rotatable bonds is 6. The highest BCUT2D eigenvalue weighted by Gasteiger charge is 2.39. The third-order valence-corrected chi connectivity index (χ3v) is 5.40. The molecule has 0 aliphatic heterocycles. The summed E-state index contributed by atoms with van der Waals surface area (Å²) >= 11 is 0. The van der Waals surface area contributed by atoms with Crippen LogP contribution in [-0.4, -0.2) is 42.1 Å². The molecule has 2 heterocycles. The van der Waals surface area contributed by atoms with Crippen LogP contribution in [0.2, 0.25) is 0 Å². The minimum Gasteiger partial charge on any atom is -0.328 e. The molecule has 1 saturated carbocycles. The molecule has 1 aromatic carbocycles. The number of carbonyl (C=O) groups excluding carboxylic acids is 1. The van der Waals surface area contributed by atoms with Gasteiger partial charge in [-0.2, -0.15) is 36.1 Å². The molecule has 13 heteroatoms. The molecule has 0 bridgehead atoms. The molecule has 1 aliphatic carbocycles. The number of halogens is 6. The fourth-order valence-corrected chi connectivity index (χ4v) is 3.47. The fraction of sp³-hybridized carbons (Fsp3) is 0.381. The Morgan fingerprint density at radius 3 is 2.15 bits per heavy atom. The van der Waals surface area contributed by atoms with E-state index in [1.165, 1.54) is 28.3 Å². The molecule has 3 aromatic rings. The van der Waals surface area contributed by atoms with Crippen LogP contribution < -0.4 is 0 Å². The van der Waals surface area contributed by atoms with Gasteiger partial charge in [-0.1, -0.05) is 0 Å². The SMILES string of the molecule is C[C@@H](c1ncnn1-c1ncccn1)N(CC1CC1)C(=O)c1cc(C(F)(F)F)cc(C(F)(F)F)c1. The molecule has 34 heavy (non-hydrogen) atoms. The molecule has 180 valence electrons. The lowest BCUT2D eigenvalue weighted by Gasteiger charge is -2.29. The third kappa shape index (κ3) is 5.02. The molecule has 1 atom stereocenters. The number of nitrogens with zero attached hydrogens (tertiary/aromatic N) is 6. The Balaban J connectivity index is 1.75. The molecule has 1 aliphatic rings. The molecule has 1 amide bonds. The Morgan fingerprint density at radius 2 is 1.62 bits per heavy atom. The maximum Gasteiger partial charge on any atom is 0.416 e. The van der Waals surface area contributed by atoms with E-state index in [2.05, 4.69) is 20.1 Å². The summed E-state index contributed by atoms with van der Waals surface area (Å²) in [5, 5.41) is 4.05. The Labute approximate surface area is 189 Å². The van der Waals surface area contributed by atoms with Gasteiger partial charge in [0.1, 0.15) is 6.33 Å². The first kappa shape index (κ1) is 23.6. The standard InChI is InChI=1S/C21H18F6N6O/c1-12(17-30-11-31-33(17)19-28-5-2-6-29-19)32(10-13-3-4-13)18(34)14-7-15(20(22,23)24)9-16(8-14)21(25,26)27/h2,5-9,11-13H,3-4,10H2,1H3/t12-/m0/s1. The molecule has 7 nitrogen and oxygen atoms in total. The molecule has 0 spiro atoms. The van der Waals surface area contributed by atoms with Gasteiger partial charge in [-0.15, -0.1) is 0 Å². The molecule has 1 fully saturated rings. The Kier molecular flexibility index (Phi) is 6.04. The maximum atomic E-state index is 13.4. The van der Waals surface area contributed by atoms with Crippen molar-refractivity contribution in [3.05, 3.63) is 65.5 Å². The first-order valence-electron chi connectivity index (χ1n) is 10.2. The van der Waals surface area contributed by atoms with Crippen molar-refractivity contribution in [2.75, 3.05) is 6.54 Å². The van der Waals surface area contributed by atoms with E-state index in [-0.39, 0.29) is 30.3 Å². The first-order valence-corrected chi connectivity index (χ1v) is 10.2. The highest BCUT2D eigenvalue weighted by atomic mass is 19.4. The summed E-state index contributed by atoms with van der Waals surface area (Å²) in [7, 11) is 0. The van der Waals surface area contributed by atoms with Crippen LogP contribution in [0.5, 0.6) is 0 Å². The van der Waals surface area contributed by atoms with Crippen LogP contribution in [0.3, 0.4) is 0 Å². The van der Waals surface area contributed by atoms with Crippen molar-refractivity contribution in [1.29, 1.82) is 0 Å². The fourth-order valence-electron chi connectivity index (χ4n) is 3.47. The molecular weight excluding hydrogens is 466 g/mol. The van der Waals surface area contributed by atoms with Gasteiger partial charge in [-0.05, 0) is 49.9 Å². The summed E-state index contributed by atoms with van der Waals surface area (Å²) in [6.07, 6.45) is -4.40. The molecule has 2 aromatic heterocycles. The monoisotopic (exact) mass is 484 g/mol. The van der Waals surface area contributed by atoms with Crippen LogP contribution >= 0.6 is 0 Å². The van der Waals surface area contributed by atoms with E-state index in [0.29, 0.717) is 12.1 Å². The van der Waals surface area contributed by atoms with Crippen molar-refractivity contribution in [2.45, 2.75) is 38.2 Å². The lowest BCUT2D eigenvalue weighted by atomic mass is 10.0. The number of hydrogen-bond donors (Lipinski definition) is 0. The van der Waals surface area contributed by atoms with Gasteiger partial charge in [0.2, 0.25) is 0 Å². The van der Waals surface area contributed by atoms with Gasteiger partial charge in [-0.3, -0.25) is 4.79 Å². The van der Waals surface area contributed by atoms with E-state index < -0.39 is 41.0 Å². The van der Waals surface area contributed by atoms with Crippen molar-refractivity contribution in [3.8, 4) is 5.95 Å². The zero-order valence-electron chi connectivity index (χ0n) is 17.7. The van der Waals surface area contributed by atoms with Crippen LogP contribution in [0, 0.1) is 5.92 Å². The van der Waals surface area contributed by atoms with Crippen molar-refractivity contribution in [1.82, 2.24) is 29.6 Å².